The van der Waals surface area contributed by atoms with Crippen LogP contribution >= 0.6 is 0 Å². The fourth-order valence-corrected chi connectivity index (χ4v) is 1.70. The zero-order valence-corrected chi connectivity index (χ0v) is 11.2. The summed E-state index contributed by atoms with van der Waals surface area (Å²) in [6.07, 6.45) is 1.50. The molecule has 1 aromatic carbocycles. The molecule has 6 heteroatoms. The van der Waals surface area contributed by atoms with E-state index in [-0.39, 0.29) is 17.5 Å². The number of hydrogen-bond acceptors (Lipinski definition) is 5. The highest BCUT2D eigenvalue weighted by Gasteiger charge is 2.16. The van der Waals surface area contributed by atoms with Crippen LogP contribution in [0.3, 0.4) is 0 Å². The minimum Gasteiger partial charge on any atom is -0.449 e. The highest BCUT2D eigenvalue weighted by atomic mass is 16.6. The number of aromatic nitrogens is 1. The van der Waals surface area contributed by atoms with E-state index < -0.39 is 4.92 Å². The van der Waals surface area contributed by atoms with Crippen molar-refractivity contribution in [2.45, 2.75) is 19.9 Å². The van der Waals surface area contributed by atoms with Crippen molar-refractivity contribution in [2.24, 2.45) is 5.73 Å². The maximum absolute atomic E-state index is 11.0. The Bertz CT molecular complexity index is 624. The maximum Gasteiger partial charge on any atom is 0.311 e. The number of nitrogens with zero attached hydrogens (tertiary/aromatic N) is 2. The molecule has 0 amide bonds. The van der Waals surface area contributed by atoms with E-state index in [1.165, 1.54) is 12.3 Å². The predicted octanol–water partition coefficient (Wildman–Crippen LogP) is 3.11. The van der Waals surface area contributed by atoms with Gasteiger partial charge in [-0.2, -0.15) is 0 Å². The van der Waals surface area contributed by atoms with E-state index in [4.69, 9.17) is 10.5 Å². The molecule has 0 aliphatic rings. The quantitative estimate of drug-likeness (QED) is 0.682. The van der Waals surface area contributed by atoms with Gasteiger partial charge >= 0.3 is 5.69 Å². The standard InChI is InChI=1S/C14H15N3O3/c1-9-3-6-14(13(7-9)17(18)19)20-11-4-5-12(10(2)15)16-8-11/h3-8,10H,15H2,1-2H3/t10-/m1/s1. The SMILES string of the molecule is Cc1ccc(Oc2ccc([C@@H](C)N)nc2)c([N+](=O)[O-])c1. The maximum atomic E-state index is 11.0. The van der Waals surface area contributed by atoms with Gasteiger partial charge in [0.2, 0.25) is 5.75 Å². The van der Waals surface area contributed by atoms with Gasteiger partial charge in [0.15, 0.2) is 0 Å². The smallest absolute Gasteiger partial charge is 0.311 e. The zero-order valence-electron chi connectivity index (χ0n) is 11.2. The number of nitro groups is 1. The Kier molecular flexibility index (Phi) is 3.95. The fraction of sp³-hybridized carbons (Fsp3) is 0.214. The Labute approximate surface area is 116 Å². The summed E-state index contributed by atoms with van der Waals surface area (Å²) in [4.78, 5) is 14.7. The van der Waals surface area contributed by atoms with Crippen LogP contribution in [-0.4, -0.2) is 9.91 Å². The van der Waals surface area contributed by atoms with E-state index in [1.54, 1.807) is 31.2 Å². The summed E-state index contributed by atoms with van der Waals surface area (Å²) in [6, 6.07) is 8.06. The van der Waals surface area contributed by atoms with Gasteiger partial charge in [0.1, 0.15) is 5.75 Å². The zero-order chi connectivity index (χ0) is 14.7. The van der Waals surface area contributed by atoms with Gasteiger partial charge in [-0.15, -0.1) is 0 Å². The lowest BCUT2D eigenvalue weighted by Gasteiger charge is -2.08. The van der Waals surface area contributed by atoms with Crippen LogP contribution in [0.5, 0.6) is 11.5 Å². The molecule has 20 heavy (non-hydrogen) atoms. The van der Waals surface area contributed by atoms with Crippen molar-refractivity contribution in [2.75, 3.05) is 0 Å². The average Bonchev–Trinajstić information content (AvgIpc) is 2.41. The summed E-state index contributed by atoms with van der Waals surface area (Å²) < 4.78 is 5.52. The van der Waals surface area contributed by atoms with Gasteiger partial charge in [-0.3, -0.25) is 15.1 Å². The molecule has 1 heterocycles. The van der Waals surface area contributed by atoms with Crippen LogP contribution in [0.15, 0.2) is 36.5 Å². The van der Waals surface area contributed by atoms with Crippen LogP contribution in [0.25, 0.3) is 0 Å². The lowest BCUT2D eigenvalue weighted by Crippen LogP contribution is -2.06. The summed E-state index contributed by atoms with van der Waals surface area (Å²) in [5.41, 5.74) is 7.17. The topological polar surface area (TPSA) is 91.3 Å². The van der Waals surface area contributed by atoms with Gasteiger partial charge in [0.05, 0.1) is 16.8 Å². The minimum atomic E-state index is -0.466. The number of nitro benzene ring substituents is 1. The van der Waals surface area contributed by atoms with Gasteiger partial charge < -0.3 is 10.5 Å². The number of pyridine rings is 1. The fourth-order valence-electron chi connectivity index (χ4n) is 1.70. The molecule has 0 spiro atoms. The highest BCUT2D eigenvalue weighted by Crippen LogP contribution is 2.31. The molecule has 0 saturated heterocycles. The average molecular weight is 273 g/mol. The van der Waals surface area contributed by atoms with Gasteiger partial charge in [0.25, 0.3) is 0 Å². The van der Waals surface area contributed by atoms with Crippen molar-refractivity contribution < 1.29 is 9.66 Å². The third-order valence-corrected chi connectivity index (χ3v) is 2.76. The van der Waals surface area contributed by atoms with E-state index in [9.17, 15) is 10.1 Å². The van der Waals surface area contributed by atoms with E-state index in [1.807, 2.05) is 6.92 Å². The Balaban J connectivity index is 2.28. The van der Waals surface area contributed by atoms with Crippen LogP contribution in [0.2, 0.25) is 0 Å². The minimum absolute atomic E-state index is 0.0683. The molecule has 1 atom stereocenters. The van der Waals surface area contributed by atoms with E-state index in [2.05, 4.69) is 4.98 Å². The molecule has 0 aliphatic heterocycles. The second-order valence-electron chi connectivity index (χ2n) is 4.54. The van der Waals surface area contributed by atoms with Gasteiger partial charge in [0, 0.05) is 12.1 Å². The molecule has 0 bridgehead atoms. The molecule has 0 unspecified atom stereocenters. The normalized spacial score (nSPS) is 11.9. The highest BCUT2D eigenvalue weighted by molar-refractivity contribution is 5.50. The third kappa shape index (κ3) is 3.10. The van der Waals surface area contributed by atoms with Crippen molar-refractivity contribution in [1.82, 2.24) is 4.98 Å². The lowest BCUT2D eigenvalue weighted by molar-refractivity contribution is -0.385. The van der Waals surface area contributed by atoms with Crippen molar-refractivity contribution in [3.05, 3.63) is 57.9 Å². The van der Waals surface area contributed by atoms with Crippen LogP contribution in [0.1, 0.15) is 24.2 Å². The van der Waals surface area contributed by atoms with Crippen LogP contribution in [0.4, 0.5) is 5.69 Å². The van der Waals surface area contributed by atoms with Crippen molar-refractivity contribution in [3.8, 4) is 11.5 Å². The van der Waals surface area contributed by atoms with E-state index in [0.29, 0.717) is 5.75 Å². The monoisotopic (exact) mass is 273 g/mol. The number of aryl methyl sites for hydroxylation is 1. The molecule has 2 aromatic rings. The molecule has 6 nitrogen and oxygen atoms in total. The first-order valence-electron chi connectivity index (χ1n) is 6.12. The molecule has 0 radical (unpaired) electrons. The van der Waals surface area contributed by atoms with E-state index in [0.717, 1.165) is 11.3 Å². The first-order chi connectivity index (χ1) is 9.47. The summed E-state index contributed by atoms with van der Waals surface area (Å²) in [5.74, 6) is 0.623. The largest absolute Gasteiger partial charge is 0.449 e. The molecule has 0 aliphatic carbocycles. The van der Waals surface area contributed by atoms with Crippen LogP contribution in [-0.2, 0) is 0 Å². The Hall–Kier alpha value is -2.47. The lowest BCUT2D eigenvalue weighted by atomic mass is 10.2. The molecule has 0 fully saturated rings. The first-order valence-corrected chi connectivity index (χ1v) is 6.12. The van der Waals surface area contributed by atoms with Crippen molar-refractivity contribution in [3.63, 3.8) is 0 Å². The van der Waals surface area contributed by atoms with Crippen molar-refractivity contribution in [1.29, 1.82) is 0 Å². The Morgan fingerprint density at radius 2 is 2.10 bits per heavy atom. The number of rotatable bonds is 4. The molecule has 2 N–H and O–H groups in total. The second-order valence-corrected chi connectivity index (χ2v) is 4.54. The molecule has 104 valence electrons. The van der Waals surface area contributed by atoms with Crippen molar-refractivity contribution >= 4 is 5.69 Å². The Morgan fingerprint density at radius 1 is 1.35 bits per heavy atom. The van der Waals surface area contributed by atoms with Gasteiger partial charge in [-0.25, -0.2) is 0 Å². The summed E-state index contributed by atoms with van der Waals surface area (Å²) in [5, 5.41) is 11.0. The van der Waals surface area contributed by atoms with Crippen LogP contribution < -0.4 is 10.5 Å². The first kappa shape index (κ1) is 14.0. The Morgan fingerprint density at radius 3 is 2.65 bits per heavy atom. The molecular weight excluding hydrogens is 258 g/mol. The number of hydrogen-bond donors (Lipinski definition) is 1. The second kappa shape index (κ2) is 5.66. The van der Waals surface area contributed by atoms with Crippen LogP contribution in [0, 0.1) is 17.0 Å². The predicted molar refractivity (Wildman–Crippen MR) is 74.7 cm³/mol. The molecule has 2 rings (SSSR count). The summed E-state index contributed by atoms with van der Waals surface area (Å²) in [7, 11) is 0. The van der Waals surface area contributed by atoms with E-state index >= 15 is 0 Å². The third-order valence-electron chi connectivity index (χ3n) is 2.76. The molecule has 0 saturated carbocycles. The number of ether oxygens (including phenoxy) is 1. The molecular formula is C14H15N3O3. The summed E-state index contributed by atoms with van der Waals surface area (Å²) in [6.45, 7) is 3.61. The summed E-state index contributed by atoms with van der Waals surface area (Å²) >= 11 is 0. The number of nitrogens with two attached hydrogens (primary N) is 1. The number of benzene rings is 1. The molecule has 1 aromatic heterocycles. The van der Waals surface area contributed by atoms with Gasteiger partial charge in [-0.05, 0) is 37.6 Å². The van der Waals surface area contributed by atoms with Gasteiger partial charge in [-0.1, -0.05) is 6.07 Å².